The van der Waals surface area contributed by atoms with Crippen molar-refractivity contribution in [1.29, 1.82) is 0 Å². The summed E-state index contributed by atoms with van der Waals surface area (Å²) >= 11 is 5.91. The first kappa shape index (κ1) is 17.2. The predicted molar refractivity (Wildman–Crippen MR) is 104 cm³/mol. The first-order valence-electron chi connectivity index (χ1n) is 8.31. The van der Waals surface area contributed by atoms with Crippen LogP contribution in [0.15, 0.2) is 60.7 Å². The molecule has 3 rings (SSSR count). The summed E-state index contributed by atoms with van der Waals surface area (Å²) in [4.78, 5) is 8.99. The molecule has 0 aliphatic rings. The van der Waals surface area contributed by atoms with Crippen molar-refractivity contribution in [3.63, 3.8) is 0 Å². The van der Waals surface area contributed by atoms with E-state index in [0.29, 0.717) is 12.5 Å². The van der Waals surface area contributed by atoms with E-state index in [1.165, 1.54) is 11.1 Å². The molecule has 2 N–H and O–H groups in total. The Labute approximate surface area is 153 Å². The van der Waals surface area contributed by atoms with Crippen LogP contribution in [0.3, 0.4) is 0 Å². The van der Waals surface area contributed by atoms with Gasteiger partial charge >= 0.3 is 0 Å². The molecule has 0 spiro atoms. The van der Waals surface area contributed by atoms with Crippen LogP contribution in [0.1, 0.15) is 16.8 Å². The molecule has 0 radical (unpaired) electrons. The number of aromatic nitrogens is 2. The maximum absolute atomic E-state index is 5.91. The van der Waals surface area contributed by atoms with Gasteiger partial charge in [-0.05, 0) is 36.6 Å². The predicted octanol–water partition coefficient (Wildman–Crippen LogP) is 4.71. The lowest BCUT2D eigenvalue weighted by Gasteiger charge is -2.10. The van der Waals surface area contributed by atoms with Gasteiger partial charge in [0.25, 0.3) is 0 Å². The number of halogens is 1. The van der Waals surface area contributed by atoms with Crippen LogP contribution in [0.4, 0.5) is 11.8 Å². The monoisotopic (exact) mass is 352 g/mol. The van der Waals surface area contributed by atoms with Gasteiger partial charge in [0.2, 0.25) is 5.95 Å². The molecule has 0 atom stereocenters. The van der Waals surface area contributed by atoms with Gasteiger partial charge in [-0.25, -0.2) is 4.98 Å². The fourth-order valence-corrected chi connectivity index (χ4v) is 2.63. The normalized spacial score (nSPS) is 10.5. The lowest BCUT2D eigenvalue weighted by Crippen LogP contribution is -2.10. The number of anilines is 2. The van der Waals surface area contributed by atoms with E-state index in [-0.39, 0.29) is 0 Å². The molecule has 0 saturated heterocycles. The molecule has 2 aromatic carbocycles. The second-order valence-electron chi connectivity index (χ2n) is 5.86. The van der Waals surface area contributed by atoms with Crippen molar-refractivity contribution in [3.8, 4) is 0 Å². The van der Waals surface area contributed by atoms with Crippen LogP contribution in [-0.4, -0.2) is 16.5 Å². The Hall–Kier alpha value is -2.59. The highest BCUT2D eigenvalue weighted by Gasteiger charge is 2.02. The molecule has 0 unspecified atom stereocenters. The molecule has 25 heavy (non-hydrogen) atoms. The van der Waals surface area contributed by atoms with Gasteiger partial charge in [-0.2, -0.15) is 4.98 Å². The average Bonchev–Trinajstić information content (AvgIpc) is 2.62. The minimum absolute atomic E-state index is 0.637. The molecule has 0 bridgehead atoms. The fraction of sp³-hybridized carbons (Fsp3) is 0.200. The van der Waals surface area contributed by atoms with Gasteiger partial charge in [0.15, 0.2) is 0 Å². The van der Waals surface area contributed by atoms with Gasteiger partial charge in [-0.3, -0.25) is 0 Å². The molecule has 5 heteroatoms. The van der Waals surface area contributed by atoms with Crippen LogP contribution < -0.4 is 10.6 Å². The third-order valence-electron chi connectivity index (χ3n) is 3.78. The average molecular weight is 353 g/mol. The number of rotatable bonds is 7. The Morgan fingerprint density at radius 3 is 2.40 bits per heavy atom. The van der Waals surface area contributed by atoms with E-state index < -0.39 is 0 Å². The minimum atomic E-state index is 0.637. The Bertz CT molecular complexity index is 804. The van der Waals surface area contributed by atoms with Crippen molar-refractivity contribution in [2.75, 3.05) is 17.2 Å². The molecule has 1 heterocycles. The molecule has 128 valence electrons. The van der Waals surface area contributed by atoms with Crippen LogP contribution in [0, 0.1) is 6.92 Å². The molecule has 0 aliphatic carbocycles. The number of benzene rings is 2. The number of hydrogen-bond acceptors (Lipinski definition) is 4. The maximum Gasteiger partial charge on any atom is 0.225 e. The molecule has 0 aliphatic heterocycles. The third kappa shape index (κ3) is 5.47. The Kier molecular flexibility index (Phi) is 5.86. The quantitative estimate of drug-likeness (QED) is 0.646. The zero-order valence-electron chi connectivity index (χ0n) is 14.2. The van der Waals surface area contributed by atoms with Gasteiger partial charge in [0, 0.05) is 29.9 Å². The largest absolute Gasteiger partial charge is 0.370 e. The van der Waals surface area contributed by atoms with Crippen molar-refractivity contribution in [3.05, 3.63) is 82.5 Å². The van der Waals surface area contributed by atoms with Crippen molar-refractivity contribution < 1.29 is 0 Å². The first-order valence-corrected chi connectivity index (χ1v) is 8.68. The van der Waals surface area contributed by atoms with Crippen LogP contribution >= 0.6 is 11.6 Å². The van der Waals surface area contributed by atoms with Crippen molar-refractivity contribution in [1.82, 2.24) is 9.97 Å². The van der Waals surface area contributed by atoms with E-state index in [2.05, 4.69) is 32.7 Å². The molecular weight excluding hydrogens is 332 g/mol. The van der Waals surface area contributed by atoms with E-state index in [4.69, 9.17) is 11.6 Å². The van der Waals surface area contributed by atoms with Gasteiger partial charge in [-0.1, -0.05) is 54.1 Å². The lowest BCUT2D eigenvalue weighted by molar-refractivity contribution is 0.982. The van der Waals surface area contributed by atoms with Gasteiger partial charge in [0.1, 0.15) is 5.82 Å². The number of nitrogens with one attached hydrogen (secondary N) is 2. The number of hydrogen-bond donors (Lipinski definition) is 2. The molecule has 3 aromatic rings. The summed E-state index contributed by atoms with van der Waals surface area (Å²) in [6.07, 6.45) is 0.910. The van der Waals surface area contributed by atoms with Gasteiger partial charge < -0.3 is 10.6 Å². The van der Waals surface area contributed by atoms with E-state index in [0.717, 1.165) is 29.5 Å². The van der Waals surface area contributed by atoms with Crippen LogP contribution in [0.2, 0.25) is 5.02 Å². The second-order valence-corrected chi connectivity index (χ2v) is 6.30. The summed E-state index contributed by atoms with van der Waals surface area (Å²) < 4.78 is 0. The highest BCUT2D eigenvalue weighted by atomic mass is 35.5. The van der Waals surface area contributed by atoms with Crippen molar-refractivity contribution >= 4 is 23.4 Å². The van der Waals surface area contributed by atoms with Gasteiger partial charge in [0.05, 0.1) is 0 Å². The summed E-state index contributed by atoms with van der Waals surface area (Å²) in [6, 6.07) is 20.1. The number of aryl methyl sites for hydroxylation is 1. The summed E-state index contributed by atoms with van der Waals surface area (Å²) in [5.74, 6) is 1.47. The molecule has 0 saturated carbocycles. The zero-order chi connectivity index (χ0) is 17.5. The standard InChI is InChI=1S/C20H21ClN4/c1-15-13-19(22-12-11-16-7-9-18(21)10-8-16)25-20(24-15)23-14-17-5-3-2-4-6-17/h2-10,13H,11-12,14H2,1H3,(H2,22,23,24,25). The van der Waals surface area contributed by atoms with Crippen LogP contribution in [0.5, 0.6) is 0 Å². The van der Waals surface area contributed by atoms with E-state index in [1.54, 1.807) is 0 Å². The summed E-state index contributed by atoms with van der Waals surface area (Å²) in [7, 11) is 0. The molecule has 4 nitrogen and oxygen atoms in total. The highest BCUT2D eigenvalue weighted by Crippen LogP contribution is 2.13. The summed E-state index contributed by atoms with van der Waals surface area (Å²) in [6.45, 7) is 3.48. The van der Waals surface area contributed by atoms with E-state index in [9.17, 15) is 0 Å². The van der Waals surface area contributed by atoms with E-state index in [1.807, 2.05) is 55.5 Å². The summed E-state index contributed by atoms with van der Waals surface area (Å²) in [5.41, 5.74) is 3.37. The third-order valence-corrected chi connectivity index (χ3v) is 4.03. The van der Waals surface area contributed by atoms with Crippen LogP contribution in [-0.2, 0) is 13.0 Å². The Morgan fingerprint density at radius 2 is 1.64 bits per heavy atom. The second kappa shape index (κ2) is 8.49. The van der Waals surface area contributed by atoms with Gasteiger partial charge in [-0.15, -0.1) is 0 Å². The van der Waals surface area contributed by atoms with Crippen molar-refractivity contribution in [2.24, 2.45) is 0 Å². The highest BCUT2D eigenvalue weighted by molar-refractivity contribution is 6.30. The fourth-order valence-electron chi connectivity index (χ4n) is 2.50. The lowest BCUT2D eigenvalue weighted by atomic mass is 10.1. The smallest absolute Gasteiger partial charge is 0.225 e. The minimum Gasteiger partial charge on any atom is -0.370 e. The maximum atomic E-state index is 5.91. The molecule has 1 aromatic heterocycles. The Morgan fingerprint density at radius 1 is 0.880 bits per heavy atom. The van der Waals surface area contributed by atoms with Crippen molar-refractivity contribution in [2.45, 2.75) is 19.9 Å². The van der Waals surface area contributed by atoms with Crippen LogP contribution in [0.25, 0.3) is 0 Å². The number of nitrogens with zero attached hydrogens (tertiary/aromatic N) is 2. The summed E-state index contributed by atoms with van der Waals surface area (Å²) in [5, 5.41) is 7.40. The topological polar surface area (TPSA) is 49.8 Å². The van der Waals surface area contributed by atoms with E-state index >= 15 is 0 Å². The zero-order valence-corrected chi connectivity index (χ0v) is 14.9. The first-order chi connectivity index (χ1) is 12.2. The molecular formula is C20H21ClN4. The Balaban J connectivity index is 1.56. The molecule has 0 fully saturated rings. The SMILES string of the molecule is Cc1cc(NCCc2ccc(Cl)cc2)nc(NCc2ccccc2)n1. The molecule has 0 amide bonds.